The first-order valence-corrected chi connectivity index (χ1v) is 6.30. The van der Waals surface area contributed by atoms with E-state index in [4.69, 9.17) is 4.74 Å². The van der Waals surface area contributed by atoms with Gasteiger partial charge in [-0.15, -0.1) is 0 Å². The van der Waals surface area contributed by atoms with Gasteiger partial charge in [0.2, 0.25) is 5.91 Å². The summed E-state index contributed by atoms with van der Waals surface area (Å²) in [6.45, 7) is 3.88. The van der Waals surface area contributed by atoms with Crippen molar-refractivity contribution in [3.05, 3.63) is 0 Å². The fourth-order valence-electron chi connectivity index (χ4n) is 2.25. The van der Waals surface area contributed by atoms with E-state index in [1.807, 2.05) is 7.05 Å². The molecule has 0 aromatic carbocycles. The van der Waals surface area contributed by atoms with E-state index in [-0.39, 0.29) is 5.91 Å². The average Bonchev–Trinajstić information content (AvgIpc) is 2.37. The van der Waals surface area contributed by atoms with Crippen LogP contribution >= 0.6 is 0 Å². The number of carbonyl (C=O) groups is 2. The van der Waals surface area contributed by atoms with Crippen molar-refractivity contribution in [2.75, 3.05) is 33.8 Å². The van der Waals surface area contributed by atoms with Crippen LogP contribution in [0.25, 0.3) is 0 Å². The average molecular weight is 257 g/mol. The molecular formula is C12H23N3O3. The molecule has 0 spiro atoms. The first kappa shape index (κ1) is 14.9. The van der Waals surface area contributed by atoms with Gasteiger partial charge < -0.3 is 20.3 Å². The summed E-state index contributed by atoms with van der Waals surface area (Å²) in [7, 11) is 3.31. The molecule has 1 heterocycles. The normalized spacial score (nSPS) is 18.4. The Bertz CT molecular complexity index is 290. The first-order chi connectivity index (χ1) is 8.54. The number of nitrogens with one attached hydrogen (secondary N) is 2. The smallest absolute Gasteiger partial charge is 0.329 e. The number of likely N-dealkylation sites (N-methyl/N-ethyl adjacent to an activating group) is 1. The predicted octanol–water partition coefficient (Wildman–Crippen LogP) is -0.652. The Morgan fingerprint density at radius 2 is 2.06 bits per heavy atom. The lowest BCUT2D eigenvalue weighted by atomic mass is 10.0. The standard InChI is InChI=1S/C12H23N3O3/c1-9(16)14-11(12(17)18-3)8-15(2)10-4-6-13-7-5-10/h10-11,13H,4-8H2,1-3H3,(H,14,16). The minimum Gasteiger partial charge on any atom is -0.467 e. The molecule has 0 aliphatic carbocycles. The van der Waals surface area contributed by atoms with Crippen LogP contribution in [0.2, 0.25) is 0 Å². The number of hydrogen-bond acceptors (Lipinski definition) is 5. The van der Waals surface area contributed by atoms with E-state index in [9.17, 15) is 9.59 Å². The van der Waals surface area contributed by atoms with E-state index in [0.717, 1.165) is 25.9 Å². The summed E-state index contributed by atoms with van der Waals surface area (Å²) >= 11 is 0. The molecule has 6 heteroatoms. The molecule has 1 atom stereocenters. The Balaban J connectivity index is 2.52. The summed E-state index contributed by atoms with van der Waals surface area (Å²) in [6, 6.07) is -0.139. The number of hydrogen-bond donors (Lipinski definition) is 2. The lowest BCUT2D eigenvalue weighted by Gasteiger charge is -2.33. The molecule has 1 fully saturated rings. The highest BCUT2D eigenvalue weighted by molar-refractivity contribution is 5.83. The molecule has 104 valence electrons. The number of rotatable bonds is 5. The Kier molecular flexibility index (Phi) is 6.07. The third-order valence-corrected chi connectivity index (χ3v) is 3.27. The largest absolute Gasteiger partial charge is 0.467 e. The maximum Gasteiger partial charge on any atom is 0.329 e. The maximum atomic E-state index is 11.6. The van der Waals surface area contributed by atoms with Crippen LogP contribution in [0.3, 0.4) is 0 Å². The Labute approximate surface area is 108 Å². The first-order valence-electron chi connectivity index (χ1n) is 6.30. The monoisotopic (exact) mass is 257 g/mol. The van der Waals surface area contributed by atoms with Crippen LogP contribution in [0.1, 0.15) is 19.8 Å². The van der Waals surface area contributed by atoms with Crippen LogP contribution in [0.4, 0.5) is 0 Å². The highest BCUT2D eigenvalue weighted by Crippen LogP contribution is 2.10. The fourth-order valence-corrected chi connectivity index (χ4v) is 2.25. The molecule has 1 aliphatic rings. The molecule has 1 saturated heterocycles. The van der Waals surface area contributed by atoms with Crippen LogP contribution in [0.5, 0.6) is 0 Å². The van der Waals surface area contributed by atoms with Crippen molar-refractivity contribution >= 4 is 11.9 Å². The number of esters is 1. The van der Waals surface area contributed by atoms with Crippen molar-refractivity contribution in [3.63, 3.8) is 0 Å². The number of amides is 1. The van der Waals surface area contributed by atoms with E-state index < -0.39 is 12.0 Å². The Morgan fingerprint density at radius 1 is 1.44 bits per heavy atom. The van der Waals surface area contributed by atoms with Crippen LogP contribution < -0.4 is 10.6 Å². The SMILES string of the molecule is COC(=O)C(CN(C)C1CCNCC1)NC(C)=O. The lowest BCUT2D eigenvalue weighted by Crippen LogP contribution is -2.51. The molecule has 0 aromatic heterocycles. The quantitative estimate of drug-likeness (QED) is 0.640. The van der Waals surface area contributed by atoms with Crippen molar-refractivity contribution < 1.29 is 14.3 Å². The van der Waals surface area contributed by atoms with Gasteiger partial charge in [0.1, 0.15) is 6.04 Å². The minimum absolute atomic E-state index is 0.218. The molecule has 0 saturated carbocycles. The van der Waals surface area contributed by atoms with Gasteiger partial charge >= 0.3 is 5.97 Å². The zero-order valence-electron chi connectivity index (χ0n) is 11.4. The van der Waals surface area contributed by atoms with Crippen molar-refractivity contribution in [1.29, 1.82) is 0 Å². The van der Waals surface area contributed by atoms with Crippen LogP contribution in [0.15, 0.2) is 0 Å². The summed E-state index contributed by atoms with van der Waals surface area (Å²) in [6.07, 6.45) is 2.12. The van der Waals surface area contributed by atoms with E-state index >= 15 is 0 Å². The molecule has 6 nitrogen and oxygen atoms in total. The highest BCUT2D eigenvalue weighted by Gasteiger charge is 2.25. The second-order valence-electron chi connectivity index (χ2n) is 4.70. The fraction of sp³-hybridized carbons (Fsp3) is 0.833. The van der Waals surface area contributed by atoms with Crippen molar-refractivity contribution in [3.8, 4) is 0 Å². The van der Waals surface area contributed by atoms with Crippen molar-refractivity contribution in [2.24, 2.45) is 0 Å². The summed E-state index contributed by atoms with van der Waals surface area (Å²) in [5, 5.41) is 5.93. The van der Waals surface area contributed by atoms with E-state index in [1.165, 1.54) is 14.0 Å². The van der Waals surface area contributed by atoms with E-state index in [2.05, 4.69) is 15.5 Å². The van der Waals surface area contributed by atoms with Gasteiger partial charge in [-0.05, 0) is 33.0 Å². The lowest BCUT2D eigenvalue weighted by molar-refractivity contribution is -0.145. The second-order valence-corrected chi connectivity index (χ2v) is 4.70. The minimum atomic E-state index is -0.590. The molecule has 1 rings (SSSR count). The number of ether oxygens (including phenoxy) is 1. The van der Waals surface area contributed by atoms with Crippen LogP contribution in [0, 0.1) is 0 Å². The highest BCUT2D eigenvalue weighted by atomic mass is 16.5. The second kappa shape index (κ2) is 7.33. The number of nitrogens with zero attached hydrogens (tertiary/aromatic N) is 1. The molecule has 2 N–H and O–H groups in total. The van der Waals surface area contributed by atoms with Gasteiger partial charge in [0, 0.05) is 19.5 Å². The number of methoxy groups -OCH3 is 1. The van der Waals surface area contributed by atoms with Crippen LogP contribution in [-0.2, 0) is 14.3 Å². The number of piperidine rings is 1. The number of carbonyl (C=O) groups excluding carboxylic acids is 2. The molecule has 1 aliphatic heterocycles. The topological polar surface area (TPSA) is 70.7 Å². The van der Waals surface area contributed by atoms with Gasteiger partial charge in [-0.2, -0.15) is 0 Å². The van der Waals surface area contributed by atoms with Gasteiger partial charge in [-0.1, -0.05) is 0 Å². The summed E-state index contributed by atoms with van der Waals surface area (Å²) in [4.78, 5) is 24.8. The van der Waals surface area contributed by atoms with Gasteiger partial charge in [0.15, 0.2) is 0 Å². The van der Waals surface area contributed by atoms with Gasteiger partial charge in [-0.25, -0.2) is 4.79 Å². The third kappa shape index (κ3) is 4.62. The molecule has 0 radical (unpaired) electrons. The van der Waals surface area contributed by atoms with E-state index in [1.54, 1.807) is 0 Å². The molecule has 0 aromatic rings. The molecular weight excluding hydrogens is 234 g/mol. The molecule has 1 amide bonds. The molecule has 0 bridgehead atoms. The molecule has 1 unspecified atom stereocenters. The zero-order valence-corrected chi connectivity index (χ0v) is 11.4. The van der Waals surface area contributed by atoms with Crippen molar-refractivity contribution in [1.82, 2.24) is 15.5 Å². The van der Waals surface area contributed by atoms with Gasteiger partial charge in [-0.3, -0.25) is 4.79 Å². The van der Waals surface area contributed by atoms with Gasteiger partial charge in [0.25, 0.3) is 0 Å². The predicted molar refractivity (Wildman–Crippen MR) is 68.1 cm³/mol. The summed E-state index contributed by atoms with van der Waals surface area (Å²) in [5.41, 5.74) is 0. The Hall–Kier alpha value is -1.14. The molecule has 18 heavy (non-hydrogen) atoms. The summed E-state index contributed by atoms with van der Waals surface area (Å²) in [5.74, 6) is -0.616. The van der Waals surface area contributed by atoms with E-state index in [0.29, 0.717) is 12.6 Å². The maximum absolute atomic E-state index is 11.6. The van der Waals surface area contributed by atoms with Crippen molar-refractivity contribution in [2.45, 2.75) is 31.8 Å². The Morgan fingerprint density at radius 3 is 2.56 bits per heavy atom. The summed E-state index contributed by atoms with van der Waals surface area (Å²) < 4.78 is 4.71. The van der Waals surface area contributed by atoms with Crippen LogP contribution in [-0.4, -0.2) is 62.7 Å². The van der Waals surface area contributed by atoms with Gasteiger partial charge in [0.05, 0.1) is 7.11 Å². The zero-order chi connectivity index (χ0) is 13.5. The third-order valence-electron chi connectivity index (χ3n) is 3.27.